The van der Waals surface area contributed by atoms with Crippen LogP contribution in [-0.4, -0.2) is 48.1 Å². The molecule has 1 aliphatic rings. The van der Waals surface area contributed by atoms with Crippen LogP contribution in [0.3, 0.4) is 0 Å². The number of aryl methyl sites for hydroxylation is 1. The third-order valence-electron chi connectivity index (χ3n) is 6.35. The van der Waals surface area contributed by atoms with E-state index in [2.05, 4.69) is 9.97 Å². The molecule has 1 aromatic heterocycles. The zero-order chi connectivity index (χ0) is 26.3. The van der Waals surface area contributed by atoms with Gasteiger partial charge in [0.1, 0.15) is 11.5 Å². The standard InChI is InChI=1S/C28H25N3O6/c1-15-7-5-8-16(11-15)24-23(25(32)17-9-6-10-18(12-17)35-2)26(33)27(34)31(24)28-29-19-13-21(36-3)22(37-4)14-20(19)30-28/h5-14,24,32H,1-4H3,(H,29,30)/b25-23+. The molecule has 0 saturated carbocycles. The van der Waals surface area contributed by atoms with Crippen LogP contribution in [-0.2, 0) is 9.59 Å². The fraction of sp³-hybridized carbons (Fsp3) is 0.179. The van der Waals surface area contributed by atoms with Crippen LogP contribution in [0.2, 0.25) is 0 Å². The Hall–Kier alpha value is -4.79. The Labute approximate surface area is 212 Å². The quantitative estimate of drug-likeness (QED) is 0.228. The van der Waals surface area contributed by atoms with Crippen molar-refractivity contribution >= 4 is 34.4 Å². The van der Waals surface area contributed by atoms with Crippen molar-refractivity contribution in [2.75, 3.05) is 26.2 Å². The first-order chi connectivity index (χ1) is 17.9. The van der Waals surface area contributed by atoms with Crippen LogP contribution in [0.5, 0.6) is 17.2 Å². The number of carbonyl (C=O) groups excluding carboxylic acids is 2. The number of rotatable bonds is 6. The Morgan fingerprint density at radius 1 is 0.946 bits per heavy atom. The fourth-order valence-electron chi connectivity index (χ4n) is 4.57. The Morgan fingerprint density at radius 3 is 2.38 bits per heavy atom. The largest absolute Gasteiger partial charge is 0.507 e. The van der Waals surface area contributed by atoms with E-state index in [1.807, 2.05) is 31.2 Å². The van der Waals surface area contributed by atoms with Crippen molar-refractivity contribution in [3.05, 3.63) is 82.9 Å². The van der Waals surface area contributed by atoms with Crippen LogP contribution in [0.1, 0.15) is 22.7 Å². The molecule has 4 aromatic rings. The summed E-state index contributed by atoms with van der Waals surface area (Å²) in [5.74, 6) is -0.305. The summed E-state index contributed by atoms with van der Waals surface area (Å²) in [6, 6.07) is 16.6. The summed E-state index contributed by atoms with van der Waals surface area (Å²) in [4.78, 5) is 35.9. The molecule has 1 fully saturated rings. The van der Waals surface area contributed by atoms with Crippen molar-refractivity contribution in [1.82, 2.24) is 9.97 Å². The minimum atomic E-state index is -0.921. The van der Waals surface area contributed by atoms with Crippen LogP contribution < -0.4 is 19.1 Å². The molecule has 9 nitrogen and oxygen atoms in total. The van der Waals surface area contributed by atoms with E-state index in [9.17, 15) is 14.7 Å². The van der Waals surface area contributed by atoms with Gasteiger partial charge in [0.15, 0.2) is 11.5 Å². The molecule has 1 amide bonds. The third kappa shape index (κ3) is 4.04. The molecule has 1 saturated heterocycles. The molecule has 1 unspecified atom stereocenters. The fourth-order valence-corrected chi connectivity index (χ4v) is 4.57. The predicted molar refractivity (Wildman–Crippen MR) is 138 cm³/mol. The van der Waals surface area contributed by atoms with Gasteiger partial charge in [-0.1, -0.05) is 42.0 Å². The number of hydrogen-bond donors (Lipinski definition) is 2. The van der Waals surface area contributed by atoms with Gasteiger partial charge in [-0.3, -0.25) is 14.5 Å². The molecule has 1 atom stereocenters. The summed E-state index contributed by atoms with van der Waals surface area (Å²) < 4.78 is 16.0. The predicted octanol–water partition coefficient (Wildman–Crippen LogP) is 4.52. The maximum absolute atomic E-state index is 13.5. The highest BCUT2D eigenvalue weighted by Gasteiger charge is 2.48. The number of aromatic amines is 1. The number of aromatic nitrogens is 2. The van der Waals surface area contributed by atoms with Gasteiger partial charge >= 0.3 is 5.91 Å². The molecular formula is C28H25N3O6. The molecule has 188 valence electrons. The molecule has 37 heavy (non-hydrogen) atoms. The number of fused-ring (bicyclic) bond motifs is 1. The first kappa shape index (κ1) is 23.9. The van der Waals surface area contributed by atoms with E-state index < -0.39 is 17.7 Å². The Morgan fingerprint density at radius 2 is 1.68 bits per heavy atom. The number of anilines is 1. The molecule has 9 heteroatoms. The third-order valence-corrected chi connectivity index (χ3v) is 6.35. The molecule has 0 bridgehead atoms. The minimum absolute atomic E-state index is 0.0422. The van der Waals surface area contributed by atoms with E-state index in [0.717, 1.165) is 5.56 Å². The molecule has 1 aliphatic heterocycles. The second-order valence-corrected chi connectivity index (χ2v) is 8.60. The average Bonchev–Trinajstić information content (AvgIpc) is 3.44. The van der Waals surface area contributed by atoms with Crippen LogP contribution in [0.25, 0.3) is 16.8 Å². The van der Waals surface area contributed by atoms with Crippen molar-refractivity contribution in [2.45, 2.75) is 13.0 Å². The number of methoxy groups -OCH3 is 3. The van der Waals surface area contributed by atoms with Gasteiger partial charge in [0, 0.05) is 17.7 Å². The molecule has 5 rings (SSSR count). The van der Waals surface area contributed by atoms with Gasteiger partial charge in [0.2, 0.25) is 5.95 Å². The summed E-state index contributed by atoms with van der Waals surface area (Å²) in [6.07, 6.45) is 0. The Balaban J connectivity index is 1.73. The number of Topliss-reactive ketones (excluding diaryl/α,β-unsaturated/α-hetero) is 1. The molecule has 0 spiro atoms. The summed E-state index contributed by atoms with van der Waals surface area (Å²) in [6.45, 7) is 1.91. The lowest BCUT2D eigenvalue weighted by atomic mass is 9.94. The number of aliphatic hydroxyl groups is 1. The van der Waals surface area contributed by atoms with Crippen molar-refractivity contribution in [1.29, 1.82) is 0 Å². The highest BCUT2D eigenvalue weighted by molar-refractivity contribution is 6.51. The summed E-state index contributed by atoms with van der Waals surface area (Å²) in [5.41, 5.74) is 3.01. The molecule has 0 aliphatic carbocycles. The second-order valence-electron chi connectivity index (χ2n) is 8.60. The Bertz CT molecular complexity index is 1530. The molecule has 2 N–H and O–H groups in total. The van der Waals surface area contributed by atoms with Crippen LogP contribution in [0.15, 0.2) is 66.2 Å². The molecule has 2 heterocycles. The number of nitrogens with zero attached hydrogens (tertiary/aromatic N) is 2. The van der Waals surface area contributed by atoms with Gasteiger partial charge < -0.3 is 24.3 Å². The number of hydrogen-bond acceptors (Lipinski definition) is 7. The van der Waals surface area contributed by atoms with Gasteiger partial charge in [0.25, 0.3) is 5.78 Å². The lowest BCUT2D eigenvalue weighted by Gasteiger charge is -2.23. The number of ether oxygens (including phenoxy) is 3. The van der Waals surface area contributed by atoms with Crippen molar-refractivity contribution in [3.63, 3.8) is 0 Å². The van der Waals surface area contributed by atoms with E-state index in [4.69, 9.17) is 14.2 Å². The SMILES string of the molecule is COc1cccc(/C(O)=C2\C(=O)C(=O)N(c3nc4cc(OC)c(OC)cc4[nH]3)C2c2cccc(C)c2)c1. The van der Waals surface area contributed by atoms with Crippen LogP contribution in [0, 0.1) is 6.92 Å². The zero-order valence-corrected chi connectivity index (χ0v) is 20.7. The highest BCUT2D eigenvalue weighted by atomic mass is 16.5. The number of imidazole rings is 1. The van der Waals surface area contributed by atoms with E-state index >= 15 is 0 Å². The number of amides is 1. The van der Waals surface area contributed by atoms with Gasteiger partial charge in [-0.25, -0.2) is 4.98 Å². The molecular weight excluding hydrogens is 474 g/mol. The number of benzene rings is 3. The zero-order valence-electron chi connectivity index (χ0n) is 20.7. The normalized spacial score (nSPS) is 16.9. The number of nitrogens with one attached hydrogen (secondary N) is 1. The molecule has 3 aromatic carbocycles. The van der Waals surface area contributed by atoms with E-state index in [-0.39, 0.29) is 17.3 Å². The maximum atomic E-state index is 13.5. The van der Waals surface area contributed by atoms with Crippen LogP contribution in [0.4, 0.5) is 5.95 Å². The number of H-pyrrole nitrogens is 1. The summed E-state index contributed by atoms with van der Waals surface area (Å²) in [5, 5.41) is 11.3. The smallest absolute Gasteiger partial charge is 0.302 e. The lowest BCUT2D eigenvalue weighted by molar-refractivity contribution is -0.132. The van der Waals surface area contributed by atoms with Gasteiger partial charge in [0.05, 0.1) is 44.0 Å². The topological polar surface area (TPSA) is 114 Å². The van der Waals surface area contributed by atoms with Gasteiger partial charge in [-0.15, -0.1) is 0 Å². The van der Waals surface area contributed by atoms with E-state index in [1.165, 1.54) is 26.2 Å². The van der Waals surface area contributed by atoms with Crippen molar-refractivity contribution in [2.24, 2.45) is 0 Å². The van der Waals surface area contributed by atoms with Gasteiger partial charge in [-0.2, -0.15) is 0 Å². The van der Waals surface area contributed by atoms with Gasteiger partial charge in [-0.05, 0) is 24.6 Å². The molecule has 0 radical (unpaired) electrons. The van der Waals surface area contributed by atoms with Crippen LogP contribution >= 0.6 is 0 Å². The van der Waals surface area contributed by atoms with E-state index in [0.29, 0.717) is 39.4 Å². The monoisotopic (exact) mass is 499 g/mol. The lowest BCUT2D eigenvalue weighted by Crippen LogP contribution is -2.30. The first-order valence-corrected chi connectivity index (χ1v) is 11.5. The first-order valence-electron chi connectivity index (χ1n) is 11.5. The summed E-state index contributed by atoms with van der Waals surface area (Å²) in [7, 11) is 4.55. The van der Waals surface area contributed by atoms with Crippen molar-refractivity contribution in [3.8, 4) is 17.2 Å². The van der Waals surface area contributed by atoms with Crippen molar-refractivity contribution < 1.29 is 28.9 Å². The number of ketones is 1. The number of aliphatic hydroxyl groups excluding tert-OH is 1. The summed E-state index contributed by atoms with van der Waals surface area (Å²) >= 11 is 0. The maximum Gasteiger partial charge on any atom is 0.302 e. The minimum Gasteiger partial charge on any atom is -0.507 e. The second kappa shape index (κ2) is 9.34. The number of carbonyl (C=O) groups is 2. The van der Waals surface area contributed by atoms with E-state index in [1.54, 1.807) is 36.4 Å². The highest BCUT2D eigenvalue weighted by Crippen LogP contribution is 2.42. The Kier molecular flexibility index (Phi) is 6.04. The average molecular weight is 500 g/mol.